The summed E-state index contributed by atoms with van der Waals surface area (Å²) in [7, 11) is 0. The number of H-pyrrole nitrogens is 1. The van der Waals surface area contributed by atoms with E-state index in [9.17, 15) is 0 Å². The minimum Gasteiger partial charge on any atom is -0.324 e. The molecule has 0 atom stereocenters. The van der Waals surface area contributed by atoms with Gasteiger partial charge in [0.15, 0.2) is 0 Å². The fraction of sp³-hybridized carbons (Fsp3) is 0.0667. The molecule has 5 nitrogen and oxygen atoms in total. The molecule has 0 bridgehead atoms. The predicted octanol–water partition coefficient (Wildman–Crippen LogP) is 4.57. The average molecular weight is 332 g/mol. The number of fused-ring (bicyclic) bond motifs is 3. The molecule has 0 spiro atoms. The second-order valence-corrected chi connectivity index (χ2v) is 5.89. The zero-order valence-electron chi connectivity index (χ0n) is 11.6. The number of hydrogen-bond donors (Lipinski definition) is 2. The van der Waals surface area contributed by atoms with E-state index < -0.39 is 0 Å². The zero-order valence-corrected chi connectivity index (χ0v) is 13.1. The molecule has 2 N–H and O–H groups in total. The summed E-state index contributed by atoms with van der Waals surface area (Å²) in [5, 5.41) is 7.72. The maximum atomic E-state index is 6.13. The molecule has 2 aromatic heterocycles. The highest BCUT2D eigenvalue weighted by molar-refractivity contribution is 6.31. The van der Waals surface area contributed by atoms with Gasteiger partial charge in [-0.15, -0.1) is 0 Å². The van der Waals surface area contributed by atoms with E-state index in [0.29, 0.717) is 21.8 Å². The van der Waals surface area contributed by atoms with Gasteiger partial charge in [-0.05, 0) is 42.8 Å². The number of imidazole rings is 1. The third kappa shape index (κ3) is 2.19. The summed E-state index contributed by atoms with van der Waals surface area (Å²) < 4.78 is 1.81. The number of halogens is 2. The maximum absolute atomic E-state index is 6.13. The summed E-state index contributed by atoms with van der Waals surface area (Å²) in [4.78, 5) is 8.87. The molecular formula is C15H11Cl2N5. The molecule has 22 heavy (non-hydrogen) atoms. The van der Waals surface area contributed by atoms with Gasteiger partial charge in [-0.1, -0.05) is 29.3 Å². The molecule has 2 heterocycles. The number of anilines is 2. The Bertz CT molecular complexity index is 1000. The van der Waals surface area contributed by atoms with Crippen molar-refractivity contribution in [2.75, 3.05) is 5.32 Å². The number of rotatable bonds is 2. The second kappa shape index (κ2) is 4.90. The van der Waals surface area contributed by atoms with Gasteiger partial charge in [-0.2, -0.15) is 4.98 Å². The molecule has 0 unspecified atom stereocenters. The fourth-order valence-electron chi connectivity index (χ4n) is 2.32. The number of aryl methyl sites for hydroxylation is 1. The van der Waals surface area contributed by atoms with Crippen molar-refractivity contribution in [3.8, 4) is 0 Å². The molecule has 0 saturated carbocycles. The fourth-order valence-corrected chi connectivity index (χ4v) is 2.67. The molecule has 4 rings (SSSR count). The van der Waals surface area contributed by atoms with Crippen LogP contribution in [0.1, 0.15) is 5.56 Å². The first-order valence-electron chi connectivity index (χ1n) is 6.67. The van der Waals surface area contributed by atoms with Crippen LogP contribution in [0.5, 0.6) is 0 Å². The van der Waals surface area contributed by atoms with E-state index in [2.05, 4.69) is 20.4 Å². The summed E-state index contributed by atoms with van der Waals surface area (Å²) in [6, 6.07) is 11.3. The predicted molar refractivity (Wildman–Crippen MR) is 89.3 cm³/mol. The van der Waals surface area contributed by atoms with E-state index in [4.69, 9.17) is 23.2 Å². The number of hydrogen-bond acceptors (Lipinski definition) is 3. The lowest BCUT2D eigenvalue weighted by Crippen LogP contribution is -1.94. The number of aromatic amines is 1. The van der Waals surface area contributed by atoms with Crippen molar-refractivity contribution in [2.45, 2.75) is 6.92 Å². The van der Waals surface area contributed by atoms with E-state index in [1.807, 2.05) is 47.8 Å². The average Bonchev–Trinajstić information content (AvgIpc) is 2.99. The smallest absolute Gasteiger partial charge is 0.253 e. The lowest BCUT2D eigenvalue weighted by atomic mass is 10.2. The number of nitrogens with one attached hydrogen (secondary N) is 2. The van der Waals surface area contributed by atoms with Crippen LogP contribution < -0.4 is 5.32 Å². The molecule has 2 aromatic carbocycles. The van der Waals surface area contributed by atoms with Crippen LogP contribution in [0, 0.1) is 6.92 Å². The molecule has 110 valence electrons. The Morgan fingerprint density at radius 3 is 2.77 bits per heavy atom. The minimum atomic E-state index is 0.581. The molecule has 0 fully saturated rings. The zero-order chi connectivity index (χ0) is 15.3. The lowest BCUT2D eigenvalue weighted by molar-refractivity contribution is 1.01. The Kier molecular flexibility index (Phi) is 2.99. The first kappa shape index (κ1) is 13.4. The molecule has 0 radical (unpaired) electrons. The molecule has 7 heteroatoms. The van der Waals surface area contributed by atoms with Gasteiger partial charge in [0.05, 0.1) is 11.0 Å². The summed E-state index contributed by atoms with van der Waals surface area (Å²) in [6.45, 7) is 1.96. The normalized spacial score (nSPS) is 11.4. The first-order valence-corrected chi connectivity index (χ1v) is 7.43. The van der Waals surface area contributed by atoms with Gasteiger partial charge >= 0.3 is 0 Å². The SMILES string of the molecule is Cc1ccc(Nc2nc3nc4cc(Cl)ccc4n3[nH]2)cc1Cl. The van der Waals surface area contributed by atoms with E-state index in [1.165, 1.54) is 0 Å². The van der Waals surface area contributed by atoms with Crippen LogP contribution in [0.2, 0.25) is 10.0 Å². The van der Waals surface area contributed by atoms with Crippen LogP contribution in [-0.2, 0) is 0 Å². The third-order valence-corrected chi connectivity index (χ3v) is 4.11. The quantitative estimate of drug-likeness (QED) is 0.565. The summed E-state index contributed by atoms with van der Waals surface area (Å²) in [6.07, 6.45) is 0. The van der Waals surface area contributed by atoms with Crippen LogP contribution in [-0.4, -0.2) is 19.6 Å². The maximum Gasteiger partial charge on any atom is 0.253 e. The van der Waals surface area contributed by atoms with Gasteiger partial charge in [0.1, 0.15) is 0 Å². The van der Waals surface area contributed by atoms with E-state index in [1.54, 1.807) is 0 Å². The van der Waals surface area contributed by atoms with Gasteiger partial charge in [0, 0.05) is 15.7 Å². The third-order valence-electron chi connectivity index (χ3n) is 3.46. The molecular weight excluding hydrogens is 321 g/mol. The molecule has 0 amide bonds. The summed E-state index contributed by atoms with van der Waals surface area (Å²) in [5.74, 6) is 1.18. The molecule has 0 aliphatic rings. The second-order valence-electron chi connectivity index (χ2n) is 5.04. The van der Waals surface area contributed by atoms with Gasteiger partial charge < -0.3 is 5.32 Å². The molecule has 0 aliphatic heterocycles. The molecule has 0 aliphatic carbocycles. The van der Waals surface area contributed by atoms with E-state index >= 15 is 0 Å². The highest BCUT2D eigenvalue weighted by Crippen LogP contribution is 2.24. The van der Waals surface area contributed by atoms with E-state index in [-0.39, 0.29) is 0 Å². The highest BCUT2D eigenvalue weighted by Gasteiger charge is 2.10. The van der Waals surface area contributed by atoms with Crippen LogP contribution in [0.3, 0.4) is 0 Å². The highest BCUT2D eigenvalue weighted by atomic mass is 35.5. The van der Waals surface area contributed by atoms with Gasteiger partial charge in [0.25, 0.3) is 5.78 Å². The Morgan fingerprint density at radius 1 is 1.09 bits per heavy atom. The van der Waals surface area contributed by atoms with Crippen LogP contribution >= 0.6 is 23.2 Å². The van der Waals surface area contributed by atoms with Gasteiger partial charge in [-0.3, -0.25) is 5.10 Å². The van der Waals surface area contributed by atoms with Crippen molar-refractivity contribution in [1.82, 2.24) is 19.6 Å². The summed E-state index contributed by atoms with van der Waals surface area (Å²) in [5.41, 5.74) is 3.61. The lowest BCUT2D eigenvalue weighted by Gasteiger charge is -2.04. The minimum absolute atomic E-state index is 0.581. The van der Waals surface area contributed by atoms with Crippen LogP contribution in [0.15, 0.2) is 36.4 Å². The van der Waals surface area contributed by atoms with Crippen molar-refractivity contribution >= 4 is 51.6 Å². The van der Waals surface area contributed by atoms with Gasteiger partial charge in [0.2, 0.25) is 5.95 Å². The van der Waals surface area contributed by atoms with Crippen molar-refractivity contribution in [3.63, 3.8) is 0 Å². The Morgan fingerprint density at radius 2 is 1.95 bits per heavy atom. The standard InChI is InChI=1S/C15H11Cl2N5/c1-8-2-4-10(7-11(8)17)18-14-20-15-19-12-6-9(16)3-5-13(12)22(15)21-14/h2-7H,1H3,(H2,18,19,20,21). The largest absolute Gasteiger partial charge is 0.324 e. The first-order chi connectivity index (χ1) is 10.6. The van der Waals surface area contributed by atoms with Crippen molar-refractivity contribution in [3.05, 3.63) is 52.0 Å². The number of aromatic nitrogens is 4. The van der Waals surface area contributed by atoms with Crippen molar-refractivity contribution in [1.29, 1.82) is 0 Å². The number of nitrogens with zero attached hydrogens (tertiary/aromatic N) is 3. The van der Waals surface area contributed by atoms with Crippen molar-refractivity contribution in [2.24, 2.45) is 0 Å². The number of benzene rings is 2. The van der Waals surface area contributed by atoms with Crippen molar-refractivity contribution < 1.29 is 0 Å². The molecule has 0 saturated heterocycles. The Labute approximate surface area is 135 Å². The van der Waals surface area contributed by atoms with Crippen LogP contribution in [0.25, 0.3) is 16.8 Å². The van der Waals surface area contributed by atoms with Gasteiger partial charge in [-0.25, -0.2) is 9.50 Å². The Hall–Kier alpha value is -2.24. The molecule has 4 aromatic rings. The topological polar surface area (TPSA) is 58.0 Å². The monoisotopic (exact) mass is 331 g/mol. The summed E-state index contributed by atoms with van der Waals surface area (Å²) >= 11 is 12.1. The Balaban J connectivity index is 1.74. The van der Waals surface area contributed by atoms with Crippen LogP contribution in [0.4, 0.5) is 11.6 Å². The van der Waals surface area contributed by atoms with E-state index in [0.717, 1.165) is 22.3 Å².